The molecule has 1 unspecified atom stereocenters. The molecule has 2 rings (SSSR count). The highest BCUT2D eigenvalue weighted by Gasteiger charge is 2.14. The fourth-order valence-corrected chi connectivity index (χ4v) is 2.38. The van der Waals surface area contributed by atoms with Crippen molar-refractivity contribution in [3.05, 3.63) is 42.1 Å². The average Bonchev–Trinajstić information content (AvgIpc) is 2.65. The number of hydrogen-bond donors (Lipinski definition) is 2. The third-order valence-electron chi connectivity index (χ3n) is 4.07. The first-order valence-corrected chi connectivity index (χ1v) is 9.13. The second-order valence-electron chi connectivity index (χ2n) is 6.69. The molecule has 0 fully saturated rings. The van der Waals surface area contributed by atoms with Crippen molar-refractivity contribution in [2.75, 3.05) is 32.5 Å². The topological polar surface area (TPSA) is 70.2 Å². The van der Waals surface area contributed by atoms with Crippen LogP contribution in [0.3, 0.4) is 0 Å². The molecule has 140 valence electrons. The summed E-state index contributed by atoms with van der Waals surface area (Å²) in [5.74, 6) is 1.06. The van der Waals surface area contributed by atoms with Gasteiger partial charge in [-0.2, -0.15) is 0 Å². The molecule has 0 saturated heterocycles. The summed E-state index contributed by atoms with van der Waals surface area (Å²) in [6.07, 6.45) is 1.87. The van der Waals surface area contributed by atoms with Crippen LogP contribution in [-0.4, -0.2) is 54.0 Å². The highest BCUT2D eigenvalue weighted by molar-refractivity contribution is 5.93. The van der Waals surface area contributed by atoms with E-state index < -0.39 is 0 Å². The molecule has 0 aliphatic carbocycles. The monoisotopic (exact) mass is 355 g/mol. The maximum atomic E-state index is 12.5. The van der Waals surface area contributed by atoms with E-state index in [1.165, 1.54) is 0 Å². The van der Waals surface area contributed by atoms with Crippen LogP contribution >= 0.6 is 0 Å². The van der Waals surface area contributed by atoms with E-state index in [-0.39, 0.29) is 11.9 Å². The lowest BCUT2D eigenvalue weighted by atomic mass is 10.2. The standard InChI is InChI=1S/C20H29N5O/c1-5-15(2)22-20(26)17-14-18(21-12-9-13-25(3)4)24-19(23-17)16-10-7-6-8-11-16/h6-8,10-11,14-15H,5,9,12-13H2,1-4H3,(H,22,26)(H,21,23,24). The first-order valence-electron chi connectivity index (χ1n) is 9.13. The summed E-state index contributed by atoms with van der Waals surface area (Å²) < 4.78 is 0. The van der Waals surface area contributed by atoms with Crippen LogP contribution < -0.4 is 10.6 Å². The van der Waals surface area contributed by atoms with Crippen LogP contribution in [0.25, 0.3) is 11.4 Å². The molecule has 6 heteroatoms. The van der Waals surface area contributed by atoms with Crippen LogP contribution in [0.2, 0.25) is 0 Å². The maximum absolute atomic E-state index is 12.5. The van der Waals surface area contributed by atoms with Gasteiger partial charge in [-0.25, -0.2) is 9.97 Å². The molecule has 0 aliphatic heterocycles. The number of anilines is 1. The Labute approximate surface area is 156 Å². The van der Waals surface area contributed by atoms with E-state index in [2.05, 4.69) is 39.6 Å². The molecule has 0 bridgehead atoms. The molecule has 0 spiro atoms. The number of carbonyl (C=O) groups excluding carboxylic acids is 1. The van der Waals surface area contributed by atoms with Gasteiger partial charge in [-0.15, -0.1) is 0 Å². The van der Waals surface area contributed by atoms with Gasteiger partial charge < -0.3 is 15.5 Å². The number of rotatable bonds is 9. The number of carbonyl (C=O) groups is 1. The summed E-state index contributed by atoms with van der Waals surface area (Å²) in [7, 11) is 4.10. The second-order valence-corrected chi connectivity index (χ2v) is 6.69. The van der Waals surface area contributed by atoms with Gasteiger partial charge in [0.15, 0.2) is 5.82 Å². The largest absolute Gasteiger partial charge is 0.370 e. The van der Waals surface area contributed by atoms with Crippen molar-refractivity contribution in [3.63, 3.8) is 0 Å². The van der Waals surface area contributed by atoms with Crippen LogP contribution in [0.4, 0.5) is 5.82 Å². The lowest BCUT2D eigenvalue weighted by molar-refractivity contribution is 0.0934. The number of nitrogens with zero attached hydrogens (tertiary/aromatic N) is 3. The summed E-state index contributed by atoms with van der Waals surface area (Å²) in [5.41, 5.74) is 1.27. The van der Waals surface area contributed by atoms with Gasteiger partial charge >= 0.3 is 0 Å². The zero-order valence-corrected chi connectivity index (χ0v) is 16.1. The summed E-state index contributed by atoms with van der Waals surface area (Å²) in [5, 5.41) is 6.29. The molecule has 0 saturated carbocycles. The average molecular weight is 355 g/mol. The molecule has 0 radical (unpaired) electrons. The van der Waals surface area contributed by atoms with Crippen LogP contribution in [0, 0.1) is 0 Å². The van der Waals surface area contributed by atoms with Crippen LogP contribution in [0.5, 0.6) is 0 Å². The molecule has 1 atom stereocenters. The van der Waals surface area contributed by atoms with Crippen molar-refractivity contribution >= 4 is 11.7 Å². The lowest BCUT2D eigenvalue weighted by Gasteiger charge is -2.14. The summed E-state index contributed by atoms with van der Waals surface area (Å²) in [4.78, 5) is 23.7. The minimum Gasteiger partial charge on any atom is -0.370 e. The molecule has 6 nitrogen and oxygen atoms in total. The Balaban J connectivity index is 2.23. The van der Waals surface area contributed by atoms with E-state index in [0.29, 0.717) is 17.3 Å². The predicted molar refractivity (Wildman–Crippen MR) is 106 cm³/mol. The number of aromatic nitrogens is 2. The zero-order valence-electron chi connectivity index (χ0n) is 16.1. The molecule has 0 aliphatic rings. The van der Waals surface area contributed by atoms with E-state index in [1.54, 1.807) is 6.07 Å². The number of benzene rings is 1. The van der Waals surface area contributed by atoms with Crippen molar-refractivity contribution < 1.29 is 4.79 Å². The first kappa shape index (κ1) is 19.8. The van der Waals surface area contributed by atoms with Crippen molar-refractivity contribution in [1.82, 2.24) is 20.2 Å². The molecule has 1 heterocycles. The third-order valence-corrected chi connectivity index (χ3v) is 4.07. The van der Waals surface area contributed by atoms with E-state index in [0.717, 1.165) is 31.5 Å². The lowest BCUT2D eigenvalue weighted by Crippen LogP contribution is -2.32. The number of hydrogen-bond acceptors (Lipinski definition) is 5. The van der Waals surface area contributed by atoms with Crippen molar-refractivity contribution in [2.24, 2.45) is 0 Å². The van der Waals surface area contributed by atoms with Crippen molar-refractivity contribution in [2.45, 2.75) is 32.7 Å². The fourth-order valence-electron chi connectivity index (χ4n) is 2.38. The van der Waals surface area contributed by atoms with Gasteiger partial charge in [0, 0.05) is 24.2 Å². The quantitative estimate of drug-likeness (QED) is 0.677. The Kier molecular flexibility index (Phi) is 7.53. The van der Waals surface area contributed by atoms with E-state index >= 15 is 0 Å². The molecule has 26 heavy (non-hydrogen) atoms. The number of nitrogens with one attached hydrogen (secondary N) is 2. The molecule has 1 aromatic carbocycles. The predicted octanol–water partition coefficient (Wildman–Crippen LogP) is 3.04. The Bertz CT molecular complexity index is 703. The Hall–Kier alpha value is -2.47. The molecule has 2 N–H and O–H groups in total. The minimum atomic E-state index is -0.171. The zero-order chi connectivity index (χ0) is 18.9. The van der Waals surface area contributed by atoms with Gasteiger partial charge in [0.25, 0.3) is 5.91 Å². The minimum absolute atomic E-state index is 0.106. The van der Waals surface area contributed by atoms with E-state index in [4.69, 9.17) is 0 Å². The summed E-state index contributed by atoms with van der Waals surface area (Å²) >= 11 is 0. The highest BCUT2D eigenvalue weighted by atomic mass is 16.1. The van der Waals surface area contributed by atoms with Gasteiger partial charge in [0.05, 0.1) is 0 Å². The van der Waals surface area contributed by atoms with Crippen LogP contribution in [0.1, 0.15) is 37.2 Å². The van der Waals surface area contributed by atoms with Gasteiger partial charge in [-0.3, -0.25) is 4.79 Å². The van der Waals surface area contributed by atoms with Gasteiger partial charge in [0.2, 0.25) is 0 Å². The van der Waals surface area contributed by atoms with Gasteiger partial charge in [-0.05, 0) is 40.4 Å². The second kappa shape index (κ2) is 9.87. The van der Waals surface area contributed by atoms with E-state index in [9.17, 15) is 4.79 Å². The highest BCUT2D eigenvalue weighted by Crippen LogP contribution is 2.18. The van der Waals surface area contributed by atoms with Crippen molar-refractivity contribution in [1.29, 1.82) is 0 Å². The summed E-state index contributed by atoms with van der Waals surface area (Å²) in [6.45, 7) is 5.80. The number of amides is 1. The first-order chi connectivity index (χ1) is 12.5. The SMILES string of the molecule is CCC(C)NC(=O)c1cc(NCCCN(C)C)nc(-c2ccccc2)n1. The smallest absolute Gasteiger partial charge is 0.270 e. The molecule has 2 aromatic rings. The van der Waals surface area contributed by atoms with Crippen LogP contribution in [-0.2, 0) is 0 Å². The van der Waals surface area contributed by atoms with E-state index in [1.807, 2.05) is 44.2 Å². The molecule has 1 aromatic heterocycles. The van der Waals surface area contributed by atoms with Gasteiger partial charge in [0.1, 0.15) is 11.5 Å². The van der Waals surface area contributed by atoms with Crippen molar-refractivity contribution in [3.8, 4) is 11.4 Å². The molecule has 1 amide bonds. The molecular weight excluding hydrogens is 326 g/mol. The Morgan fingerprint density at radius 3 is 2.58 bits per heavy atom. The Morgan fingerprint density at radius 1 is 1.19 bits per heavy atom. The Morgan fingerprint density at radius 2 is 1.92 bits per heavy atom. The maximum Gasteiger partial charge on any atom is 0.270 e. The van der Waals surface area contributed by atoms with Crippen LogP contribution in [0.15, 0.2) is 36.4 Å². The normalized spacial score (nSPS) is 12.0. The van der Waals surface area contributed by atoms with Gasteiger partial charge in [-0.1, -0.05) is 37.3 Å². The fraction of sp³-hybridized carbons (Fsp3) is 0.450. The molecular formula is C20H29N5O. The third kappa shape index (κ3) is 6.11. The summed E-state index contributed by atoms with van der Waals surface area (Å²) in [6, 6.07) is 11.5.